The first-order chi connectivity index (χ1) is 5.61. The lowest BCUT2D eigenvalue weighted by molar-refractivity contribution is 0.0690. The first-order valence-corrected chi connectivity index (χ1v) is 3.80. The minimum Gasteiger partial charge on any atom is -0.477 e. The highest BCUT2D eigenvalue weighted by Crippen LogP contribution is 2.12. The van der Waals surface area contributed by atoms with E-state index in [0.717, 1.165) is 5.56 Å². The molecule has 0 amide bonds. The van der Waals surface area contributed by atoms with Crippen LogP contribution in [0.2, 0.25) is 0 Å². The zero-order valence-corrected chi connectivity index (χ0v) is 7.11. The second-order valence-corrected chi connectivity index (χ2v) is 2.94. The molecule has 0 bridgehead atoms. The van der Waals surface area contributed by atoms with Gasteiger partial charge in [-0.25, -0.2) is 9.78 Å². The van der Waals surface area contributed by atoms with Crippen LogP contribution in [0, 0.1) is 0 Å². The molecule has 0 fully saturated rings. The summed E-state index contributed by atoms with van der Waals surface area (Å²) in [6.45, 7) is 4.08. The molecule has 0 unspecified atom stereocenters. The van der Waals surface area contributed by atoms with Crippen molar-refractivity contribution in [2.75, 3.05) is 0 Å². The van der Waals surface area contributed by atoms with Crippen molar-refractivity contribution in [1.29, 1.82) is 0 Å². The number of aromatic nitrogens is 1. The fraction of sp³-hybridized carbons (Fsp3) is 0.333. The van der Waals surface area contributed by atoms with Crippen LogP contribution in [0.3, 0.4) is 0 Å². The van der Waals surface area contributed by atoms with Gasteiger partial charge in [-0.05, 0) is 17.5 Å². The summed E-state index contributed by atoms with van der Waals surface area (Å²) in [5, 5.41) is 8.55. The molecule has 0 spiro atoms. The van der Waals surface area contributed by atoms with Gasteiger partial charge in [-0.1, -0.05) is 19.9 Å². The summed E-state index contributed by atoms with van der Waals surface area (Å²) in [4.78, 5) is 14.2. The molecule has 1 aromatic rings. The van der Waals surface area contributed by atoms with Crippen LogP contribution in [0.1, 0.15) is 35.8 Å². The fourth-order valence-electron chi connectivity index (χ4n) is 0.873. The van der Waals surface area contributed by atoms with E-state index in [-0.39, 0.29) is 5.69 Å². The van der Waals surface area contributed by atoms with E-state index in [2.05, 4.69) is 4.98 Å². The van der Waals surface area contributed by atoms with Crippen LogP contribution >= 0.6 is 0 Å². The molecule has 12 heavy (non-hydrogen) atoms. The van der Waals surface area contributed by atoms with Crippen LogP contribution in [0.5, 0.6) is 0 Å². The number of pyridine rings is 1. The maximum atomic E-state index is 10.4. The summed E-state index contributed by atoms with van der Waals surface area (Å²) < 4.78 is 0. The summed E-state index contributed by atoms with van der Waals surface area (Å²) in [5.41, 5.74) is 1.15. The Morgan fingerprint density at radius 1 is 1.50 bits per heavy atom. The molecular formula is C9H11NO2. The molecular weight excluding hydrogens is 154 g/mol. The number of aromatic carboxylic acids is 1. The number of nitrogens with zero attached hydrogens (tertiary/aromatic N) is 1. The Balaban J connectivity index is 2.93. The number of carboxylic acid groups (broad SMARTS) is 1. The van der Waals surface area contributed by atoms with Gasteiger partial charge in [-0.3, -0.25) is 0 Å². The number of hydrogen-bond donors (Lipinski definition) is 1. The van der Waals surface area contributed by atoms with Crippen molar-refractivity contribution in [1.82, 2.24) is 4.98 Å². The van der Waals surface area contributed by atoms with Gasteiger partial charge in [0.25, 0.3) is 0 Å². The maximum Gasteiger partial charge on any atom is 0.354 e. The fourth-order valence-corrected chi connectivity index (χ4v) is 0.873. The number of rotatable bonds is 2. The van der Waals surface area contributed by atoms with Gasteiger partial charge in [-0.2, -0.15) is 0 Å². The summed E-state index contributed by atoms with van der Waals surface area (Å²) in [5.74, 6) is -0.592. The molecule has 0 aliphatic carbocycles. The molecule has 0 aromatic carbocycles. The third-order valence-corrected chi connectivity index (χ3v) is 1.67. The van der Waals surface area contributed by atoms with Crippen LogP contribution in [-0.4, -0.2) is 16.1 Å². The van der Waals surface area contributed by atoms with Crippen LogP contribution in [-0.2, 0) is 0 Å². The molecule has 0 aliphatic heterocycles. The Morgan fingerprint density at radius 2 is 2.17 bits per heavy atom. The lowest BCUT2D eigenvalue weighted by atomic mass is 10.1. The van der Waals surface area contributed by atoms with Crippen molar-refractivity contribution in [2.45, 2.75) is 19.8 Å². The second kappa shape index (κ2) is 3.34. The van der Waals surface area contributed by atoms with E-state index >= 15 is 0 Å². The molecule has 0 radical (unpaired) electrons. The van der Waals surface area contributed by atoms with Crippen LogP contribution in [0.4, 0.5) is 0 Å². The summed E-state index contributed by atoms with van der Waals surface area (Å²) in [6.07, 6.45) is 1.61. The highest BCUT2D eigenvalue weighted by Gasteiger charge is 2.04. The topological polar surface area (TPSA) is 50.2 Å². The first-order valence-electron chi connectivity index (χ1n) is 3.80. The van der Waals surface area contributed by atoms with Crippen molar-refractivity contribution in [3.63, 3.8) is 0 Å². The molecule has 0 atom stereocenters. The van der Waals surface area contributed by atoms with Gasteiger partial charge in [0.15, 0.2) is 0 Å². The minimum absolute atomic E-state index is 0.0967. The predicted octanol–water partition coefficient (Wildman–Crippen LogP) is 1.90. The molecule has 64 valence electrons. The summed E-state index contributed by atoms with van der Waals surface area (Å²) in [6, 6.07) is 3.32. The molecule has 0 saturated carbocycles. The lowest BCUT2D eigenvalue weighted by Crippen LogP contribution is -2.00. The van der Waals surface area contributed by atoms with Gasteiger partial charge in [0, 0.05) is 6.20 Å². The van der Waals surface area contributed by atoms with Gasteiger partial charge >= 0.3 is 5.97 Å². The van der Waals surface area contributed by atoms with E-state index in [1.807, 2.05) is 13.8 Å². The Kier molecular flexibility index (Phi) is 2.43. The van der Waals surface area contributed by atoms with Crippen molar-refractivity contribution in [3.05, 3.63) is 29.6 Å². The van der Waals surface area contributed by atoms with Gasteiger partial charge in [0.1, 0.15) is 5.69 Å². The molecule has 0 saturated heterocycles. The van der Waals surface area contributed by atoms with Crippen LogP contribution in [0.15, 0.2) is 18.3 Å². The van der Waals surface area contributed by atoms with Gasteiger partial charge in [0.05, 0.1) is 0 Å². The Bertz CT molecular complexity index is 277. The maximum absolute atomic E-state index is 10.4. The van der Waals surface area contributed by atoms with Crippen molar-refractivity contribution < 1.29 is 9.90 Å². The van der Waals surface area contributed by atoms with E-state index < -0.39 is 5.97 Å². The molecule has 3 nitrogen and oxygen atoms in total. The molecule has 0 aliphatic rings. The second-order valence-electron chi connectivity index (χ2n) is 2.94. The minimum atomic E-state index is -0.981. The average molecular weight is 165 g/mol. The first kappa shape index (κ1) is 8.71. The smallest absolute Gasteiger partial charge is 0.354 e. The van der Waals surface area contributed by atoms with E-state index in [0.29, 0.717) is 5.92 Å². The molecule has 1 aromatic heterocycles. The Hall–Kier alpha value is -1.38. The quantitative estimate of drug-likeness (QED) is 0.728. The zero-order chi connectivity index (χ0) is 9.14. The largest absolute Gasteiger partial charge is 0.477 e. The number of hydrogen-bond acceptors (Lipinski definition) is 2. The van der Waals surface area contributed by atoms with Gasteiger partial charge in [-0.15, -0.1) is 0 Å². The van der Waals surface area contributed by atoms with Gasteiger partial charge in [0.2, 0.25) is 0 Å². The molecule has 3 heteroatoms. The van der Waals surface area contributed by atoms with Crippen molar-refractivity contribution >= 4 is 5.97 Å². The van der Waals surface area contributed by atoms with Gasteiger partial charge < -0.3 is 5.11 Å². The predicted molar refractivity (Wildman–Crippen MR) is 45.3 cm³/mol. The van der Waals surface area contributed by atoms with E-state index in [1.54, 1.807) is 12.3 Å². The van der Waals surface area contributed by atoms with Crippen molar-refractivity contribution in [3.8, 4) is 0 Å². The average Bonchev–Trinajstić information content (AvgIpc) is 2.04. The summed E-state index contributed by atoms with van der Waals surface area (Å²) >= 11 is 0. The monoisotopic (exact) mass is 165 g/mol. The zero-order valence-electron chi connectivity index (χ0n) is 7.11. The molecule has 1 heterocycles. The Morgan fingerprint density at radius 3 is 2.50 bits per heavy atom. The highest BCUT2D eigenvalue weighted by atomic mass is 16.4. The number of carbonyl (C=O) groups is 1. The third kappa shape index (κ3) is 1.81. The van der Waals surface area contributed by atoms with Crippen LogP contribution < -0.4 is 0 Å². The number of carboxylic acids is 1. The summed E-state index contributed by atoms with van der Waals surface area (Å²) in [7, 11) is 0. The third-order valence-electron chi connectivity index (χ3n) is 1.67. The normalized spacial score (nSPS) is 10.2. The standard InChI is InChI=1S/C9H11NO2/c1-6(2)7-3-4-8(9(11)12)10-5-7/h3-6H,1-2H3,(H,11,12). The Labute approximate surface area is 71.1 Å². The lowest BCUT2D eigenvalue weighted by Gasteiger charge is -2.03. The van der Waals surface area contributed by atoms with E-state index in [9.17, 15) is 4.79 Å². The van der Waals surface area contributed by atoms with E-state index in [4.69, 9.17) is 5.11 Å². The SMILES string of the molecule is CC(C)c1ccc(C(=O)O)nc1. The van der Waals surface area contributed by atoms with Crippen molar-refractivity contribution in [2.24, 2.45) is 0 Å². The molecule has 1 N–H and O–H groups in total. The van der Waals surface area contributed by atoms with E-state index in [1.165, 1.54) is 6.07 Å². The van der Waals surface area contributed by atoms with Crippen LogP contribution in [0.25, 0.3) is 0 Å². The highest BCUT2D eigenvalue weighted by molar-refractivity contribution is 5.85. The molecule has 1 rings (SSSR count).